The van der Waals surface area contributed by atoms with Gasteiger partial charge < -0.3 is 15.1 Å². The lowest BCUT2D eigenvalue weighted by atomic mass is 9.67. The minimum absolute atomic E-state index is 0. The highest BCUT2D eigenvalue weighted by atomic mass is 35.5. The fraction of sp³-hybridized carbons (Fsp3) is 0.652. The summed E-state index contributed by atoms with van der Waals surface area (Å²) in [6.45, 7) is 4.75. The molecule has 5 nitrogen and oxygen atoms in total. The average Bonchev–Trinajstić information content (AvgIpc) is 3.03. The van der Waals surface area contributed by atoms with Crippen LogP contribution < -0.4 is 5.32 Å². The number of hydrogen-bond donors (Lipinski definition) is 1. The van der Waals surface area contributed by atoms with Crippen molar-refractivity contribution >= 4 is 24.2 Å². The van der Waals surface area contributed by atoms with E-state index in [0.29, 0.717) is 31.3 Å². The summed E-state index contributed by atoms with van der Waals surface area (Å²) in [4.78, 5) is 30.2. The Labute approximate surface area is 180 Å². The summed E-state index contributed by atoms with van der Waals surface area (Å²) in [6.07, 6.45) is 6.85. The van der Waals surface area contributed by atoms with E-state index < -0.39 is 0 Å². The lowest BCUT2D eigenvalue weighted by Gasteiger charge is -2.40. The first-order valence-electron chi connectivity index (χ1n) is 11.0. The zero-order chi connectivity index (χ0) is 19.4. The van der Waals surface area contributed by atoms with Gasteiger partial charge in [0.2, 0.25) is 11.8 Å². The maximum absolute atomic E-state index is 13.5. The fourth-order valence-electron chi connectivity index (χ4n) is 5.41. The van der Waals surface area contributed by atoms with E-state index in [2.05, 4.69) is 22.3 Å². The predicted octanol–water partition coefficient (Wildman–Crippen LogP) is 2.88. The van der Waals surface area contributed by atoms with Crippen LogP contribution in [0.25, 0.3) is 0 Å². The number of amides is 2. The molecule has 0 bridgehead atoms. The number of benzene rings is 1. The molecule has 0 unspecified atom stereocenters. The second-order valence-electron chi connectivity index (χ2n) is 8.74. The molecule has 2 amide bonds. The van der Waals surface area contributed by atoms with Gasteiger partial charge in [-0.1, -0.05) is 43.2 Å². The fourth-order valence-corrected chi connectivity index (χ4v) is 5.41. The molecule has 1 N–H and O–H groups in total. The van der Waals surface area contributed by atoms with E-state index in [9.17, 15) is 9.59 Å². The van der Waals surface area contributed by atoms with Gasteiger partial charge in [0.1, 0.15) is 0 Å². The summed E-state index contributed by atoms with van der Waals surface area (Å²) >= 11 is 0. The Morgan fingerprint density at radius 2 is 1.76 bits per heavy atom. The Hall–Kier alpha value is -1.59. The summed E-state index contributed by atoms with van der Waals surface area (Å²) in [6, 6.07) is 10.2. The molecule has 0 aromatic heterocycles. The largest absolute Gasteiger partial charge is 0.341 e. The summed E-state index contributed by atoms with van der Waals surface area (Å²) < 4.78 is 0. The monoisotopic (exact) mass is 419 g/mol. The number of aryl methyl sites for hydroxylation is 1. The SMILES string of the molecule is Cl.O=C(CCc1ccccc1)N1CCCN(C(=O)[C@@]23CCCC[C@H]2CNC3)CC1. The molecule has 2 saturated heterocycles. The van der Waals surface area contributed by atoms with Crippen LogP contribution in [0.1, 0.15) is 44.1 Å². The average molecular weight is 420 g/mol. The quantitative estimate of drug-likeness (QED) is 0.816. The normalized spacial score (nSPS) is 27.0. The van der Waals surface area contributed by atoms with Gasteiger partial charge in [0.05, 0.1) is 5.41 Å². The van der Waals surface area contributed by atoms with Crippen LogP contribution in [0.2, 0.25) is 0 Å². The molecule has 29 heavy (non-hydrogen) atoms. The third-order valence-electron chi connectivity index (χ3n) is 7.07. The number of halogens is 1. The van der Waals surface area contributed by atoms with E-state index in [0.717, 1.165) is 45.4 Å². The van der Waals surface area contributed by atoms with Crippen molar-refractivity contribution in [1.82, 2.24) is 15.1 Å². The van der Waals surface area contributed by atoms with Crippen LogP contribution in [0.4, 0.5) is 0 Å². The number of carbonyl (C=O) groups is 2. The van der Waals surface area contributed by atoms with Crippen molar-refractivity contribution in [3.63, 3.8) is 0 Å². The van der Waals surface area contributed by atoms with Crippen LogP contribution in [0.15, 0.2) is 30.3 Å². The minimum atomic E-state index is -0.176. The molecular weight excluding hydrogens is 386 g/mol. The van der Waals surface area contributed by atoms with Crippen molar-refractivity contribution in [3.05, 3.63) is 35.9 Å². The van der Waals surface area contributed by atoms with E-state index in [-0.39, 0.29) is 23.7 Å². The van der Waals surface area contributed by atoms with Gasteiger partial charge in [-0.15, -0.1) is 12.4 Å². The second-order valence-corrected chi connectivity index (χ2v) is 8.74. The molecule has 2 heterocycles. The molecule has 0 spiro atoms. The lowest BCUT2D eigenvalue weighted by molar-refractivity contribution is -0.145. The molecule has 1 saturated carbocycles. The van der Waals surface area contributed by atoms with Crippen LogP contribution in [0.3, 0.4) is 0 Å². The van der Waals surface area contributed by atoms with Crippen LogP contribution in [0, 0.1) is 11.3 Å². The molecular formula is C23H34ClN3O2. The molecule has 160 valence electrons. The van der Waals surface area contributed by atoms with Gasteiger partial charge in [0.15, 0.2) is 0 Å². The van der Waals surface area contributed by atoms with Crippen molar-refractivity contribution in [3.8, 4) is 0 Å². The highest BCUT2D eigenvalue weighted by molar-refractivity contribution is 5.85. The van der Waals surface area contributed by atoms with Crippen molar-refractivity contribution in [1.29, 1.82) is 0 Å². The zero-order valence-electron chi connectivity index (χ0n) is 17.3. The van der Waals surface area contributed by atoms with Crippen molar-refractivity contribution < 1.29 is 9.59 Å². The molecule has 2 atom stereocenters. The Bertz CT molecular complexity index is 699. The Balaban J connectivity index is 0.00000240. The maximum Gasteiger partial charge on any atom is 0.230 e. The molecule has 6 heteroatoms. The minimum Gasteiger partial charge on any atom is -0.341 e. The molecule has 1 aromatic rings. The van der Waals surface area contributed by atoms with E-state index in [1.165, 1.54) is 24.8 Å². The van der Waals surface area contributed by atoms with Crippen LogP contribution in [-0.4, -0.2) is 60.9 Å². The molecule has 0 radical (unpaired) electrons. The van der Waals surface area contributed by atoms with Crippen LogP contribution >= 0.6 is 12.4 Å². The van der Waals surface area contributed by atoms with Crippen molar-refractivity contribution in [2.24, 2.45) is 11.3 Å². The van der Waals surface area contributed by atoms with Gasteiger partial charge in [0.25, 0.3) is 0 Å². The number of nitrogens with one attached hydrogen (secondary N) is 1. The molecule has 2 aliphatic heterocycles. The smallest absolute Gasteiger partial charge is 0.230 e. The van der Waals surface area contributed by atoms with E-state index in [4.69, 9.17) is 0 Å². The number of fused-ring (bicyclic) bond motifs is 1. The standard InChI is InChI=1S/C23H33N3O2.ClH/c27-21(11-10-19-7-2-1-3-8-19)25-13-6-14-26(16-15-25)22(28)23-12-5-4-9-20(23)17-24-18-23;/h1-3,7-8,20,24H,4-6,9-18H2;1H/t20-,23+;/m0./s1. The lowest BCUT2D eigenvalue weighted by Crippen LogP contribution is -2.50. The molecule has 3 aliphatic rings. The topological polar surface area (TPSA) is 52.7 Å². The number of nitrogens with zero attached hydrogens (tertiary/aromatic N) is 2. The zero-order valence-corrected chi connectivity index (χ0v) is 18.1. The first-order chi connectivity index (χ1) is 13.7. The van der Waals surface area contributed by atoms with Gasteiger partial charge in [0, 0.05) is 39.1 Å². The van der Waals surface area contributed by atoms with Crippen molar-refractivity contribution in [2.45, 2.75) is 44.9 Å². The highest BCUT2D eigenvalue weighted by Gasteiger charge is 2.51. The molecule has 1 aromatic carbocycles. The van der Waals surface area contributed by atoms with Crippen molar-refractivity contribution in [2.75, 3.05) is 39.3 Å². The molecule has 1 aliphatic carbocycles. The molecule has 4 rings (SSSR count). The Kier molecular flexibility index (Phi) is 7.58. The highest BCUT2D eigenvalue weighted by Crippen LogP contribution is 2.45. The number of rotatable bonds is 4. The summed E-state index contributed by atoms with van der Waals surface area (Å²) in [5.41, 5.74) is 1.03. The van der Waals surface area contributed by atoms with E-state index in [1.807, 2.05) is 23.1 Å². The summed E-state index contributed by atoms with van der Waals surface area (Å²) in [5.74, 6) is 1.07. The van der Waals surface area contributed by atoms with Gasteiger partial charge in [-0.05, 0) is 43.7 Å². The second kappa shape index (κ2) is 9.94. The first-order valence-corrected chi connectivity index (χ1v) is 11.0. The third-order valence-corrected chi connectivity index (χ3v) is 7.07. The van der Waals surface area contributed by atoms with E-state index in [1.54, 1.807) is 0 Å². The predicted molar refractivity (Wildman–Crippen MR) is 117 cm³/mol. The summed E-state index contributed by atoms with van der Waals surface area (Å²) in [7, 11) is 0. The van der Waals surface area contributed by atoms with E-state index >= 15 is 0 Å². The first kappa shape index (κ1) is 22.1. The number of carbonyl (C=O) groups excluding carboxylic acids is 2. The Morgan fingerprint density at radius 1 is 1.00 bits per heavy atom. The Morgan fingerprint density at radius 3 is 2.59 bits per heavy atom. The van der Waals surface area contributed by atoms with Crippen LogP contribution in [-0.2, 0) is 16.0 Å². The maximum atomic E-state index is 13.5. The van der Waals surface area contributed by atoms with Gasteiger partial charge in [-0.2, -0.15) is 0 Å². The van der Waals surface area contributed by atoms with Gasteiger partial charge in [-0.3, -0.25) is 9.59 Å². The van der Waals surface area contributed by atoms with Gasteiger partial charge >= 0.3 is 0 Å². The third kappa shape index (κ3) is 4.77. The van der Waals surface area contributed by atoms with Gasteiger partial charge in [-0.25, -0.2) is 0 Å². The van der Waals surface area contributed by atoms with Crippen LogP contribution in [0.5, 0.6) is 0 Å². The summed E-state index contributed by atoms with van der Waals surface area (Å²) in [5, 5.41) is 3.49. The number of hydrogen-bond acceptors (Lipinski definition) is 3. The molecule has 3 fully saturated rings.